The fourth-order valence-electron chi connectivity index (χ4n) is 2.38. The lowest BCUT2D eigenvalue weighted by Crippen LogP contribution is -2.40. The van der Waals surface area contributed by atoms with Crippen LogP contribution in [0.25, 0.3) is 0 Å². The van der Waals surface area contributed by atoms with Gasteiger partial charge in [0.25, 0.3) is 0 Å². The number of ether oxygens (including phenoxy) is 2. The van der Waals surface area contributed by atoms with Gasteiger partial charge in [0.2, 0.25) is 17.5 Å². The molecule has 1 aromatic carbocycles. The highest BCUT2D eigenvalue weighted by Crippen LogP contribution is 2.40. The lowest BCUT2D eigenvalue weighted by Gasteiger charge is -2.29. The second-order valence-corrected chi connectivity index (χ2v) is 7.94. The van der Waals surface area contributed by atoms with Crippen molar-refractivity contribution in [1.29, 1.82) is 0 Å². The third-order valence-corrected chi connectivity index (χ3v) is 5.46. The Balaban J connectivity index is 1.79. The van der Waals surface area contributed by atoms with E-state index in [-0.39, 0.29) is 18.4 Å². The van der Waals surface area contributed by atoms with E-state index in [9.17, 15) is 4.79 Å². The van der Waals surface area contributed by atoms with Gasteiger partial charge in [-0.25, -0.2) is 0 Å². The van der Waals surface area contributed by atoms with Gasteiger partial charge in [0.05, 0.1) is 14.2 Å². The molecule has 132 valence electrons. The number of hydrogen-bond acceptors (Lipinski definition) is 5. The molecule has 5 nitrogen and oxygen atoms in total. The number of thiophene rings is 1. The molecule has 2 aromatic rings. The van der Waals surface area contributed by atoms with Crippen molar-refractivity contribution < 1.29 is 14.3 Å². The van der Waals surface area contributed by atoms with Crippen LogP contribution in [-0.2, 0) is 15.3 Å². The van der Waals surface area contributed by atoms with E-state index < -0.39 is 5.72 Å². The van der Waals surface area contributed by atoms with E-state index >= 15 is 0 Å². The third kappa shape index (κ3) is 3.72. The molecule has 9 heteroatoms. The highest BCUT2D eigenvalue weighted by molar-refractivity contribution is 7.16. The zero-order chi connectivity index (χ0) is 18.2. The molecule has 25 heavy (non-hydrogen) atoms. The molecule has 3 rings (SSSR count). The van der Waals surface area contributed by atoms with Crippen molar-refractivity contribution in [2.24, 2.45) is 5.10 Å². The van der Waals surface area contributed by atoms with Crippen LogP contribution in [0.3, 0.4) is 0 Å². The van der Waals surface area contributed by atoms with Crippen LogP contribution < -0.4 is 4.74 Å². The lowest BCUT2D eigenvalue weighted by molar-refractivity contribution is -0.145. The van der Waals surface area contributed by atoms with Crippen LogP contribution in [0.15, 0.2) is 35.4 Å². The summed E-state index contributed by atoms with van der Waals surface area (Å²) in [6, 6.07) is 8.45. The summed E-state index contributed by atoms with van der Waals surface area (Å²) in [4.78, 5) is 12.7. The van der Waals surface area contributed by atoms with Gasteiger partial charge in [-0.05, 0) is 30.3 Å². The Labute approximate surface area is 163 Å². The number of benzene rings is 1. The molecule has 0 bridgehead atoms. The molecule has 1 aliphatic heterocycles. The molecular weight excluding hydrogens is 407 g/mol. The van der Waals surface area contributed by atoms with Crippen LogP contribution in [0.1, 0.15) is 18.7 Å². The van der Waals surface area contributed by atoms with Crippen LogP contribution in [-0.4, -0.2) is 23.4 Å². The summed E-state index contributed by atoms with van der Waals surface area (Å²) >= 11 is 19.3. The molecule has 0 N–H and O–H groups in total. The maximum atomic E-state index is 12.0. The summed E-state index contributed by atoms with van der Waals surface area (Å²) in [5, 5.41) is 6.40. The summed E-state index contributed by atoms with van der Waals surface area (Å²) in [6.45, 7) is 3.18. The highest BCUT2D eigenvalue weighted by atomic mass is 35.5. The van der Waals surface area contributed by atoms with Crippen molar-refractivity contribution in [2.45, 2.75) is 19.6 Å². The Morgan fingerprint density at radius 3 is 2.68 bits per heavy atom. The van der Waals surface area contributed by atoms with Crippen molar-refractivity contribution in [1.82, 2.24) is 5.01 Å². The van der Waals surface area contributed by atoms with E-state index in [1.54, 1.807) is 37.3 Å². The topological polar surface area (TPSA) is 51.1 Å². The minimum absolute atomic E-state index is 0.0137. The molecule has 1 amide bonds. The Hall–Kier alpha value is -1.47. The van der Waals surface area contributed by atoms with Gasteiger partial charge in [-0.2, -0.15) is 5.01 Å². The number of carbonyl (C=O) groups is 1. The first-order valence-electron chi connectivity index (χ1n) is 7.20. The second-order valence-electron chi connectivity index (χ2n) is 5.38. The lowest BCUT2D eigenvalue weighted by atomic mass is 10.2. The predicted molar refractivity (Wildman–Crippen MR) is 99.7 cm³/mol. The molecule has 0 aliphatic carbocycles. The van der Waals surface area contributed by atoms with Gasteiger partial charge in [0.15, 0.2) is 6.61 Å². The number of carbonyl (C=O) groups excluding carboxylic acids is 1. The summed E-state index contributed by atoms with van der Waals surface area (Å²) in [7, 11) is 0. The summed E-state index contributed by atoms with van der Waals surface area (Å²) in [6.07, 6.45) is 0. The fourth-order valence-corrected chi connectivity index (χ4v) is 3.95. The van der Waals surface area contributed by atoms with Gasteiger partial charge in [0, 0.05) is 18.9 Å². The number of rotatable bonds is 4. The first-order chi connectivity index (χ1) is 11.8. The maximum absolute atomic E-state index is 12.0. The van der Waals surface area contributed by atoms with Crippen LogP contribution in [0.5, 0.6) is 5.75 Å². The fraction of sp³-hybridized carbons (Fsp3) is 0.250. The van der Waals surface area contributed by atoms with Crippen LogP contribution in [0.4, 0.5) is 0 Å². The van der Waals surface area contributed by atoms with E-state index in [2.05, 4.69) is 5.10 Å². The third-order valence-electron chi connectivity index (χ3n) is 3.51. The monoisotopic (exact) mass is 418 g/mol. The zero-order valence-corrected chi connectivity index (χ0v) is 16.3. The SMILES string of the molecule is CC(=O)N1N=C(COc2ccc(Cl)cc2Cl)OC1(C)c1ccc(Cl)s1. The van der Waals surface area contributed by atoms with Crippen molar-refractivity contribution in [3.05, 3.63) is 49.6 Å². The van der Waals surface area contributed by atoms with Gasteiger partial charge < -0.3 is 9.47 Å². The number of halogens is 3. The predicted octanol–water partition coefficient (Wildman–Crippen LogP) is 5.15. The minimum Gasteiger partial charge on any atom is -0.482 e. The van der Waals surface area contributed by atoms with E-state index in [1.807, 2.05) is 0 Å². The van der Waals surface area contributed by atoms with Gasteiger partial charge >= 0.3 is 0 Å². The van der Waals surface area contributed by atoms with Gasteiger partial charge in [-0.3, -0.25) is 4.79 Å². The smallest absolute Gasteiger partial charge is 0.247 e. The van der Waals surface area contributed by atoms with Gasteiger partial charge in [0.1, 0.15) is 5.75 Å². The Bertz CT molecular complexity index is 855. The highest BCUT2D eigenvalue weighted by Gasteiger charge is 2.45. The zero-order valence-electron chi connectivity index (χ0n) is 13.3. The van der Waals surface area contributed by atoms with E-state index in [0.29, 0.717) is 20.1 Å². The quantitative estimate of drug-likeness (QED) is 0.688. The number of hydrazone groups is 1. The molecular formula is C16H13Cl3N2O3S. The molecule has 0 saturated heterocycles. The maximum Gasteiger partial charge on any atom is 0.247 e. The molecule has 0 radical (unpaired) electrons. The Kier molecular flexibility index (Phi) is 5.16. The number of amides is 1. The first-order valence-corrected chi connectivity index (χ1v) is 9.15. The summed E-state index contributed by atoms with van der Waals surface area (Å²) in [5.41, 5.74) is -1.06. The molecule has 0 saturated carbocycles. The molecule has 2 heterocycles. The Morgan fingerprint density at radius 1 is 1.32 bits per heavy atom. The van der Waals surface area contributed by atoms with Crippen LogP contribution >= 0.6 is 46.1 Å². The van der Waals surface area contributed by atoms with Crippen molar-refractivity contribution in [2.75, 3.05) is 6.61 Å². The molecule has 1 unspecified atom stereocenters. The largest absolute Gasteiger partial charge is 0.482 e. The molecule has 0 spiro atoms. The summed E-state index contributed by atoms with van der Waals surface area (Å²) < 4.78 is 12.1. The minimum atomic E-state index is -1.06. The number of hydrogen-bond donors (Lipinski definition) is 0. The van der Waals surface area contributed by atoms with Crippen LogP contribution in [0, 0.1) is 0 Å². The molecule has 1 aliphatic rings. The van der Waals surface area contributed by atoms with E-state index in [0.717, 1.165) is 4.88 Å². The van der Waals surface area contributed by atoms with Crippen molar-refractivity contribution in [3.8, 4) is 5.75 Å². The molecule has 1 atom stereocenters. The van der Waals surface area contributed by atoms with Crippen molar-refractivity contribution in [3.63, 3.8) is 0 Å². The van der Waals surface area contributed by atoms with Crippen molar-refractivity contribution >= 4 is 57.9 Å². The molecule has 1 aromatic heterocycles. The second kappa shape index (κ2) is 7.03. The van der Waals surface area contributed by atoms with Crippen LogP contribution in [0.2, 0.25) is 14.4 Å². The summed E-state index contributed by atoms with van der Waals surface area (Å²) in [5.74, 6) is 0.444. The number of nitrogens with zero attached hydrogens (tertiary/aromatic N) is 2. The molecule has 0 fully saturated rings. The Morgan fingerprint density at radius 2 is 2.08 bits per heavy atom. The van der Waals surface area contributed by atoms with Gasteiger partial charge in [-0.15, -0.1) is 16.4 Å². The first kappa shape index (κ1) is 18.3. The standard InChI is InChI=1S/C16H13Cl3N2O3S/c1-9(22)21-16(2,13-5-6-14(19)25-13)24-15(20-21)8-23-12-4-3-10(17)7-11(12)18/h3-7H,8H2,1-2H3. The van der Waals surface area contributed by atoms with E-state index in [4.69, 9.17) is 44.3 Å². The van der Waals surface area contributed by atoms with Gasteiger partial charge in [-0.1, -0.05) is 34.8 Å². The average molecular weight is 420 g/mol. The normalized spacial score (nSPS) is 19.6. The van der Waals surface area contributed by atoms with E-state index in [1.165, 1.54) is 23.3 Å². The average Bonchev–Trinajstić information content (AvgIpc) is 3.11.